The Kier molecular flexibility index (Phi) is 8.08. The molecule has 12 heteroatoms. The van der Waals surface area contributed by atoms with E-state index in [1.807, 2.05) is 32.9 Å². The van der Waals surface area contributed by atoms with Gasteiger partial charge < -0.3 is 24.3 Å². The van der Waals surface area contributed by atoms with E-state index in [-0.39, 0.29) is 36.3 Å². The second kappa shape index (κ2) is 11.1. The number of esters is 1. The average molecular weight is 563 g/mol. The number of carbonyl (C=O) groups is 4. The van der Waals surface area contributed by atoms with Gasteiger partial charge in [0.05, 0.1) is 0 Å². The number of halogens is 1. The molecule has 2 amide bonds. The SMILES string of the molecule is CC(=O)OCC1=C(C(=O)O)N2C(=O)[C@@H](NC(=O)c3ccc(COc4cc(C)c(Cl)cc4C(C)C)o3)[C@@H]2SC1. The summed E-state index contributed by atoms with van der Waals surface area (Å²) in [7, 11) is 0. The molecule has 0 radical (unpaired) electrons. The maximum atomic E-state index is 12.8. The number of aliphatic carboxylic acids is 1. The van der Waals surface area contributed by atoms with E-state index >= 15 is 0 Å². The Bertz CT molecular complexity index is 1330. The van der Waals surface area contributed by atoms with E-state index in [0.29, 0.717) is 22.1 Å². The normalized spacial score (nSPS) is 18.7. The highest BCUT2D eigenvalue weighted by Crippen LogP contribution is 2.40. The van der Waals surface area contributed by atoms with Crippen LogP contribution in [0.25, 0.3) is 0 Å². The lowest BCUT2D eigenvalue weighted by atomic mass is 10.0. The highest BCUT2D eigenvalue weighted by Gasteiger charge is 2.54. The van der Waals surface area contributed by atoms with Gasteiger partial charge in [0, 0.05) is 23.3 Å². The van der Waals surface area contributed by atoms with E-state index in [1.165, 1.54) is 24.8 Å². The van der Waals surface area contributed by atoms with Crippen LogP contribution in [0.2, 0.25) is 5.02 Å². The van der Waals surface area contributed by atoms with Gasteiger partial charge in [0.25, 0.3) is 11.8 Å². The molecule has 1 saturated heterocycles. The monoisotopic (exact) mass is 562 g/mol. The number of β-lactam (4-membered cyclic amide) rings is 1. The van der Waals surface area contributed by atoms with Crippen molar-refractivity contribution in [1.29, 1.82) is 0 Å². The molecule has 1 aromatic carbocycles. The molecule has 0 spiro atoms. The van der Waals surface area contributed by atoms with Crippen LogP contribution in [0.15, 0.2) is 40.0 Å². The predicted octanol–water partition coefficient (Wildman–Crippen LogP) is 3.86. The Balaban J connectivity index is 1.40. The number of ether oxygens (including phenoxy) is 2. The number of amides is 2. The zero-order valence-electron chi connectivity index (χ0n) is 21.2. The molecule has 3 heterocycles. The number of thioether (sulfide) groups is 1. The van der Waals surface area contributed by atoms with E-state index in [4.69, 9.17) is 25.5 Å². The number of nitrogens with zero attached hydrogens (tertiary/aromatic N) is 1. The average Bonchev–Trinajstić information content (AvgIpc) is 3.34. The molecule has 2 atom stereocenters. The van der Waals surface area contributed by atoms with Crippen molar-refractivity contribution in [2.24, 2.45) is 0 Å². The second-order valence-electron chi connectivity index (χ2n) is 9.25. The van der Waals surface area contributed by atoms with E-state index in [9.17, 15) is 24.3 Å². The Morgan fingerprint density at radius 2 is 2.00 bits per heavy atom. The van der Waals surface area contributed by atoms with Crippen molar-refractivity contribution in [3.8, 4) is 5.75 Å². The minimum Gasteiger partial charge on any atom is -0.485 e. The molecule has 2 aliphatic heterocycles. The van der Waals surface area contributed by atoms with E-state index in [2.05, 4.69) is 5.32 Å². The van der Waals surface area contributed by atoms with Crippen LogP contribution in [-0.4, -0.2) is 57.5 Å². The summed E-state index contributed by atoms with van der Waals surface area (Å²) in [5.41, 5.74) is 1.93. The van der Waals surface area contributed by atoms with Gasteiger partial charge in [-0.1, -0.05) is 25.4 Å². The largest absolute Gasteiger partial charge is 0.485 e. The maximum Gasteiger partial charge on any atom is 0.352 e. The number of furan rings is 1. The molecule has 202 valence electrons. The molecule has 10 nitrogen and oxygen atoms in total. The van der Waals surface area contributed by atoms with Gasteiger partial charge in [-0.05, 0) is 48.2 Å². The fourth-order valence-corrected chi connectivity index (χ4v) is 5.67. The van der Waals surface area contributed by atoms with Gasteiger partial charge in [0.1, 0.15) is 41.8 Å². The number of nitrogens with one attached hydrogen (secondary N) is 1. The number of aryl methyl sites for hydroxylation is 1. The Hall–Kier alpha value is -3.44. The number of hydrogen-bond acceptors (Lipinski definition) is 8. The van der Waals surface area contributed by atoms with Gasteiger partial charge in [-0.3, -0.25) is 19.3 Å². The highest BCUT2D eigenvalue weighted by atomic mass is 35.5. The van der Waals surface area contributed by atoms with Crippen molar-refractivity contribution in [2.75, 3.05) is 12.4 Å². The summed E-state index contributed by atoms with van der Waals surface area (Å²) in [6.07, 6.45) is 0. The quantitative estimate of drug-likeness (QED) is 0.345. The highest BCUT2D eigenvalue weighted by molar-refractivity contribution is 8.00. The molecule has 1 aromatic heterocycles. The fourth-order valence-electron chi connectivity index (χ4n) is 4.17. The van der Waals surface area contributed by atoms with Crippen molar-refractivity contribution in [3.05, 3.63) is 63.2 Å². The first-order valence-electron chi connectivity index (χ1n) is 11.8. The second-order valence-corrected chi connectivity index (χ2v) is 10.8. The number of benzene rings is 1. The van der Waals surface area contributed by atoms with Crippen molar-refractivity contribution in [1.82, 2.24) is 10.2 Å². The number of fused-ring (bicyclic) bond motifs is 1. The number of rotatable bonds is 9. The predicted molar refractivity (Wildman–Crippen MR) is 139 cm³/mol. The lowest BCUT2D eigenvalue weighted by Crippen LogP contribution is -2.70. The van der Waals surface area contributed by atoms with Crippen LogP contribution in [-0.2, 0) is 25.7 Å². The molecular formula is C26H27ClN2O8S. The van der Waals surface area contributed by atoms with Crippen LogP contribution in [0.3, 0.4) is 0 Å². The van der Waals surface area contributed by atoms with E-state index < -0.39 is 35.2 Å². The van der Waals surface area contributed by atoms with Crippen LogP contribution in [0, 0.1) is 6.92 Å². The standard InChI is InChI=1S/C26H27ClN2O8S/c1-12(2)17-8-18(27)13(3)7-20(17)36-10-16-5-6-19(37-16)23(31)28-21-24(32)29-22(26(33)34)15(9-35-14(4)30)11-38-25(21)29/h5-8,12,21,25H,9-11H2,1-4H3,(H,28,31)(H,33,34)/t21-,25+/m1/s1. The van der Waals surface area contributed by atoms with Gasteiger partial charge in [0.2, 0.25) is 0 Å². The molecule has 2 aliphatic rings. The molecule has 38 heavy (non-hydrogen) atoms. The summed E-state index contributed by atoms with van der Waals surface area (Å²) in [5, 5.41) is 12.3. The molecule has 2 aromatic rings. The summed E-state index contributed by atoms with van der Waals surface area (Å²) < 4.78 is 16.5. The van der Waals surface area contributed by atoms with E-state index in [0.717, 1.165) is 16.0 Å². The summed E-state index contributed by atoms with van der Waals surface area (Å²) in [4.78, 5) is 49.7. The van der Waals surface area contributed by atoms with Crippen molar-refractivity contribution >= 4 is 47.1 Å². The lowest BCUT2D eigenvalue weighted by Gasteiger charge is -2.49. The molecular weight excluding hydrogens is 536 g/mol. The molecule has 0 saturated carbocycles. The molecule has 0 aliphatic carbocycles. The minimum atomic E-state index is -1.30. The lowest BCUT2D eigenvalue weighted by molar-refractivity contribution is -0.149. The number of carbonyl (C=O) groups excluding carboxylic acids is 3. The summed E-state index contributed by atoms with van der Waals surface area (Å²) >= 11 is 7.53. The first kappa shape index (κ1) is 27.6. The van der Waals surface area contributed by atoms with Crippen LogP contribution < -0.4 is 10.1 Å². The summed E-state index contributed by atoms with van der Waals surface area (Å²) in [6, 6.07) is 5.92. The molecule has 4 rings (SSSR count). The fraction of sp³-hybridized carbons (Fsp3) is 0.385. The molecule has 0 bridgehead atoms. The van der Waals surface area contributed by atoms with Crippen molar-refractivity contribution < 1.29 is 38.2 Å². The van der Waals surface area contributed by atoms with Crippen LogP contribution >= 0.6 is 23.4 Å². The minimum absolute atomic E-state index is 0.00317. The topological polar surface area (TPSA) is 135 Å². The summed E-state index contributed by atoms with van der Waals surface area (Å²) in [6.45, 7) is 7.04. The number of hydrogen-bond donors (Lipinski definition) is 2. The molecule has 2 N–H and O–H groups in total. The van der Waals surface area contributed by atoms with E-state index in [1.54, 1.807) is 6.07 Å². The van der Waals surface area contributed by atoms with Gasteiger partial charge in [-0.25, -0.2) is 4.79 Å². The molecule has 0 unspecified atom stereocenters. The maximum absolute atomic E-state index is 12.8. The zero-order chi connectivity index (χ0) is 27.7. The third-order valence-electron chi connectivity index (χ3n) is 6.15. The van der Waals surface area contributed by atoms with Gasteiger partial charge in [0.15, 0.2) is 5.76 Å². The van der Waals surface area contributed by atoms with Gasteiger partial charge in [-0.2, -0.15) is 0 Å². The number of carboxylic acids is 1. The summed E-state index contributed by atoms with van der Waals surface area (Å²) in [5.74, 6) is -1.52. The van der Waals surface area contributed by atoms with Gasteiger partial charge >= 0.3 is 11.9 Å². The smallest absolute Gasteiger partial charge is 0.352 e. The van der Waals surface area contributed by atoms with Crippen LogP contribution in [0.1, 0.15) is 54.1 Å². The third-order valence-corrected chi connectivity index (χ3v) is 7.90. The Morgan fingerprint density at radius 3 is 2.66 bits per heavy atom. The molecule has 1 fully saturated rings. The van der Waals surface area contributed by atoms with Crippen molar-refractivity contribution in [3.63, 3.8) is 0 Å². The first-order chi connectivity index (χ1) is 18.0. The third kappa shape index (κ3) is 5.53. The Labute approximate surface area is 228 Å². The first-order valence-corrected chi connectivity index (χ1v) is 13.3. The van der Waals surface area contributed by atoms with Crippen LogP contribution in [0.5, 0.6) is 5.75 Å². The van der Waals surface area contributed by atoms with Crippen molar-refractivity contribution in [2.45, 2.75) is 51.6 Å². The number of carboxylic acid groups (broad SMARTS) is 1. The zero-order valence-corrected chi connectivity index (χ0v) is 22.8. The van der Waals surface area contributed by atoms with Crippen LogP contribution in [0.4, 0.5) is 0 Å². The van der Waals surface area contributed by atoms with Gasteiger partial charge in [-0.15, -0.1) is 11.8 Å². The Morgan fingerprint density at radius 1 is 1.26 bits per heavy atom.